The van der Waals surface area contributed by atoms with Crippen molar-refractivity contribution in [1.82, 2.24) is 20.1 Å². The molecule has 1 aromatic carbocycles. The summed E-state index contributed by atoms with van der Waals surface area (Å²) < 4.78 is 0. The fourth-order valence-electron chi connectivity index (χ4n) is 3.09. The summed E-state index contributed by atoms with van der Waals surface area (Å²) in [5.41, 5.74) is 2.59. The Hall–Kier alpha value is -2.96. The third kappa shape index (κ3) is 3.82. The minimum Gasteiger partial charge on any atom is -0.339 e. The van der Waals surface area contributed by atoms with Crippen LogP contribution in [-0.4, -0.2) is 45.0 Å². The number of carbonyl (C=O) groups excluding carboxylic acids is 2. The molecule has 0 saturated carbocycles. The Labute approximate surface area is 152 Å². The topological polar surface area (TPSA) is 91.0 Å². The van der Waals surface area contributed by atoms with E-state index in [1.165, 1.54) is 6.08 Å². The van der Waals surface area contributed by atoms with Crippen LogP contribution in [0.15, 0.2) is 30.9 Å². The standard InChI is InChI=1S/C19H23N5O2/c1-4-17(25)24-9-7-14(8-10-24)19(26)21-16-11-15(6-5-12(16)2)18-20-13(3)22-23-18/h4-6,11,14H,1,7-10H2,2-3H3,(H,21,26)(H,20,22,23). The van der Waals surface area contributed by atoms with Gasteiger partial charge in [0.2, 0.25) is 11.8 Å². The number of rotatable bonds is 4. The van der Waals surface area contributed by atoms with Crippen molar-refractivity contribution in [1.29, 1.82) is 0 Å². The van der Waals surface area contributed by atoms with Gasteiger partial charge in [0.05, 0.1) is 0 Å². The van der Waals surface area contributed by atoms with Crippen LogP contribution in [0.1, 0.15) is 24.2 Å². The molecule has 3 rings (SSSR count). The van der Waals surface area contributed by atoms with Gasteiger partial charge in [0.15, 0.2) is 5.82 Å². The number of H-pyrrole nitrogens is 1. The lowest BCUT2D eigenvalue weighted by molar-refractivity contribution is -0.130. The molecule has 1 aromatic heterocycles. The lowest BCUT2D eigenvalue weighted by atomic mass is 9.95. The molecule has 1 aliphatic rings. The zero-order valence-electron chi connectivity index (χ0n) is 15.1. The molecule has 7 nitrogen and oxygen atoms in total. The van der Waals surface area contributed by atoms with E-state index in [0.29, 0.717) is 31.8 Å². The van der Waals surface area contributed by atoms with Crippen LogP contribution in [0.25, 0.3) is 11.4 Å². The van der Waals surface area contributed by atoms with Crippen molar-refractivity contribution in [3.63, 3.8) is 0 Å². The summed E-state index contributed by atoms with van der Waals surface area (Å²) in [6.07, 6.45) is 2.63. The van der Waals surface area contributed by atoms with E-state index < -0.39 is 0 Å². The molecule has 0 unspecified atom stereocenters. The lowest BCUT2D eigenvalue weighted by Crippen LogP contribution is -2.40. The number of aromatic nitrogens is 3. The van der Waals surface area contributed by atoms with Gasteiger partial charge in [-0.3, -0.25) is 14.7 Å². The summed E-state index contributed by atoms with van der Waals surface area (Å²) in [6.45, 7) is 8.47. The van der Waals surface area contributed by atoms with E-state index in [1.54, 1.807) is 4.90 Å². The van der Waals surface area contributed by atoms with Crippen LogP contribution >= 0.6 is 0 Å². The predicted octanol–water partition coefficient (Wildman–Crippen LogP) is 2.45. The van der Waals surface area contributed by atoms with Gasteiger partial charge in [-0.2, -0.15) is 5.10 Å². The highest BCUT2D eigenvalue weighted by atomic mass is 16.2. The molecule has 0 radical (unpaired) electrons. The van der Waals surface area contributed by atoms with E-state index in [2.05, 4.69) is 27.1 Å². The van der Waals surface area contributed by atoms with Crippen LogP contribution in [0.3, 0.4) is 0 Å². The zero-order chi connectivity index (χ0) is 18.7. The first-order valence-corrected chi connectivity index (χ1v) is 8.70. The average Bonchev–Trinajstić information content (AvgIpc) is 3.09. The van der Waals surface area contributed by atoms with Gasteiger partial charge in [-0.15, -0.1) is 0 Å². The zero-order valence-corrected chi connectivity index (χ0v) is 15.1. The maximum Gasteiger partial charge on any atom is 0.245 e. The van der Waals surface area contributed by atoms with E-state index in [1.807, 2.05) is 32.0 Å². The van der Waals surface area contributed by atoms with E-state index in [-0.39, 0.29) is 17.7 Å². The molecule has 2 aromatic rings. The number of anilines is 1. The number of nitrogens with zero attached hydrogens (tertiary/aromatic N) is 3. The van der Waals surface area contributed by atoms with Gasteiger partial charge in [-0.05, 0) is 44.4 Å². The van der Waals surface area contributed by atoms with Crippen LogP contribution < -0.4 is 5.32 Å². The molecule has 2 amide bonds. The van der Waals surface area contributed by atoms with Gasteiger partial charge in [0.1, 0.15) is 5.82 Å². The minimum atomic E-state index is -0.0994. The second-order valence-electron chi connectivity index (χ2n) is 6.57. The van der Waals surface area contributed by atoms with Crippen molar-refractivity contribution in [2.45, 2.75) is 26.7 Å². The molecule has 0 spiro atoms. The molecule has 1 aliphatic heterocycles. The van der Waals surface area contributed by atoms with Crippen molar-refractivity contribution in [2.24, 2.45) is 5.92 Å². The Bertz CT molecular complexity index is 834. The first-order valence-electron chi connectivity index (χ1n) is 8.70. The monoisotopic (exact) mass is 353 g/mol. The third-order valence-corrected chi connectivity index (χ3v) is 4.70. The highest BCUT2D eigenvalue weighted by molar-refractivity contribution is 5.94. The van der Waals surface area contributed by atoms with Crippen LogP contribution in [0.4, 0.5) is 5.69 Å². The van der Waals surface area contributed by atoms with Crippen molar-refractivity contribution in [2.75, 3.05) is 18.4 Å². The maximum atomic E-state index is 12.6. The van der Waals surface area contributed by atoms with Crippen molar-refractivity contribution in [3.8, 4) is 11.4 Å². The largest absolute Gasteiger partial charge is 0.339 e. The van der Waals surface area contributed by atoms with Gasteiger partial charge in [-0.1, -0.05) is 18.7 Å². The average molecular weight is 353 g/mol. The number of likely N-dealkylation sites (tertiary alicyclic amines) is 1. The summed E-state index contributed by atoms with van der Waals surface area (Å²) in [4.78, 5) is 30.4. The highest BCUT2D eigenvalue weighted by Crippen LogP contribution is 2.25. The van der Waals surface area contributed by atoms with Crippen LogP contribution in [-0.2, 0) is 9.59 Å². The number of nitrogens with one attached hydrogen (secondary N) is 2. The molecule has 136 valence electrons. The highest BCUT2D eigenvalue weighted by Gasteiger charge is 2.26. The van der Waals surface area contributed by atoms with E-state index in [9.17, 15) is 9.59 Å². The number of hydrogen-bond donors (Lipinski definition) is 2. The lowest BCUT2D eigenvalue weighted by Gasteiger charge is -2.30. The third-order valence-electron chi connectivity index (χ3n) is 4.70. The SMILES string of the molecule is C=CC(=O)N1CCC(C(=O)Nc2cc(-c3n[nH]c(C)n3)ccc2C)CC1. The summed E-state index contributed by atoms with van der Waals surface area (Å²) in [7, 11) is 0. The summed E-state index contributed by atoms with van der Waals surface area (Å²) in [6, 6.07) is 5.78. The summed E-state index contributed by atoms with van der Waals surface area (Å²) >= 11 is 0. The second-order valence-corrected chi connectivity index (χ2v) is 6.57. The van der Waals surface area contributed by atoms with Crippen molar-refractivity contribution >= 4 is 17.5 Å². The molecule has 2 heterocycles. The number of hydrogen-bond acceptors (Lipinski definition) is 4. The molecule has 26 heavy (non-hydrogen) atoms. The van der Waals surface area contributed by atoms with Gasteiger partial charge in [0.25, 0.3) is 0 Å². The fourth-order valence-corrected chi connectivity index (χ4v) is 3.09. The first kappa shape index (κ1) is 17.8. The van der Waals surface area contributed by atoms with Crippen molar-refractivity contribution in [3.05, 3.63) is 42.2 Å². The van der Waals surface area contributed by atoms with E-state index >= 15 is 0 Å². The fraction of sp³-hybridized carbons (Fsp3) is 0.368. The molecule has 1 saturated heterocycles. The van der Waals surface area contributed by atoms with Gasteiger partial charge >= 0.3 is 0 Å². The smallest absolute Gasteiger partial charge is 0.245 e. The number of aryl methyl sites for hydroxylation is 2. The predicted molar refractivity (Wildman–Crippen MR) is 99.4 cm³/mol. The van der Waals surface area contributed by atoms with E-state index in [0.717, 1.165) is 22.6 Å². The van der Waals surface area contributed by atoms with Crippen LogP contribution in [0.5, 0.6) is 0 Å². The Balaban J connectivity index is 1.68. The quantitative estimate of drug-likeness (QED) is 0.826. The molecule has 1 fully saturated rings. The second kappa shape index (κ2) is 7.51. The molecular formula is C19H23N5O2. The first-order chi connectivity index (χ1) is 12.5. The van der Waals surface area contributed by atoms with Gasteiger partial charge in [0, 0.05) is 30.3 Å². The Morgan fingerprint density at radius 2 is 2.04 bits per heavy atom. The number of carbonyl (C=O) groups is 2. The van der Waals surface area contributed by atoms with Crippen LogP contribution in [0.2, 0.25) is 0 Å². The number of piperidine rings is 1. The maximum absolute atomic E-state index is 12.6. The number of aromatic amines is 1. The Morgan fingerprint density at radius 3 is 2.65 bits per heavy atom. The van der Waals surface area contributed by atoms with Crippen LogP contribution in [0, 0.1) is 19.8 Å². The molecule has 0 bridgehead atoms. The Morgan fingerprint density at radius 1 is 1.31 bits per heavy atom. The summed E-state index contributed by atoms with van der Waals surface area (Å²) in [5, 5.41) is 10.0. The van der Waals surface area contributed by atoms with Gasteiger partial charge in [-0.25, -0.2) is 4.98 Å². The summed E-state index contributed by atoms with van der Waals surface area (Å²) in [5.74, 6) is 1.16. The molecule has 2 N–H and O–H groups in total. The van der Waals surface area contributed by atoms with E-state index in [4.69, 9.17) is 0 Å². The molecular weight excluding hydrogens is 330 g/mol. The minimum absolute atomic E-state index is 0.0119. The number of amides is 2. The number of benzene rings is 1. The van der Waals surface area contributed by atoms with Crippen molar-refractivity contribution < 1.29 is 9.59 Å². The van der Waals surface area contributed by atoms with Gasteiger partial charge < -0.3 is 10.2 Å². The molecule has 0 atom stereocenters. The normalized spacial score (nSPS) is 14.9. The molecule has 0 aliphatic carbocycles. The molecule has 7 heteroatoms. The Kier molecular flexibility index (Phi) is 5.16.